The largest absolute Gasteiger partial charge is 0.378 e. The van der Waals surface area contributed by atoms with Gasteiger partial charge in [0.15, 0.2) is 0 Å². The first-order valence-corrected chi connectivity index (χ1v) is 4.99. The molecule has 1 rings (SSSR count). The fourth-order valence-electron chi connectivity index (χ4n) is 0.524. The summed E-state index contributed by atoms with van der Waals surface area (Å²) in [5, 5.41) is 5.18. The van der Waals surface area contributed by atoms with E-state index in [9.17, 15) is 0 Å². The van der Waals surface area contributed by atoms with Gasteiger partial charge < -0.3 is 0 Å². The maximum absolute atomic E-state index is 4.02. The molecule has 0 aromatic heterocycles. The summed E-state index contributed by atoms with van der Waals surface area (Å²) >= 11 is 3.49. The second-order valence-corrected chi connectivity index (χ2v) is 3.99. The van der Waals surface area contributed by atoms with Crippen molar-refractivity contribution in [1.29, 1.82) is 0 Å². The van der Waals surface area contributed by atoms with Gasteiger partial charge in [0.05, 0.1) is 11.2 Å². The predicted molar refractivity (Wildman–Crippen MR) is 42.9 cm³/mol. The summed E-state index contributed by atoms with van der Waals surface area (Å²) in [5.74, 6) is 0. The molecule has 4 heteroatoms. The molecular formula is C5H9N2S2+. The number of nitrogens with zero attached hydrogens (tertiary/aromatic N) is 2. The average Bonchev–Trinajstić information content (AvgIpc) is 2.34. The van der Waals surface area contributed by atoms with E-state index in [0.717, 1.165) is 11.5 Å². The summed E-state index contributed by atoms with van der Waals surface area (Å²) in [7, 11) is 0. The summed E-state index contributed by atoms with van der Waals surface area (Å²) in [4.78, 5) is 3.99. The van der Waals surface area contributed by atoms with Gasteiger partial charge in [-0.3, -0.25) is 0 Å². The Bertz CT molecular complexity index is 160. The van der Waals surface area contributed by atoms with Gasteiger partial charge in [0.2, 0.25) is 4.71 Å². The Balaban J connectivity index is 2.43. The van der Waals surface area contributed by atoms with Gasteiger partial charge in [0.25, 0.3) is 0 Å². The Morgan fingerprint density at radius 2 is 2.67 bits per heavy atom. The van der Waals surface area contributed by atoms with Crippen LogP contribution in [-0.2, 0) is 0 Å². The van der Waals surface area contributed by atoms with Crippen LogP contribution in [0.15, 0.2) is 5.11 Å². The van der Waals surface area contributed by atoms with Crippen molar-refractivity contribution in [1.82, 2.24) is 0 Å². The van der Waals surface area contributed by atoms with Crippen LogP contribution >= 0.6 is 23.5 Å². The zero-order chi connectivity index (χ0) is 6.69. The van der Waals surface area contributed by atoms with Crippen molar-refractivity contribution in [3.8, 4) is 0 Å². The van der Waals surface area contributed by atoms with Crippen LogP contribution in [0, 0.1) is 0 Å². The van der Waals surface area contributed by atoms with Gasteiger partial charge in [-0.2, -0.15) is 0 Å². The molecule has 0 amide bonds. The summed E-state index contributed by atoms with van der Waals surface area (Å²) in [6.07, 6.45) is 3.07. The Labute approximate surface area is 63.2 Å². The summed E-state index contributed by atoms with van der Waals surface area (Å²) in [5.41, 5.74) is 0. The molecule has 0 aliphatic carbocycles. The molecule has 0 aromatic carbocycles. The van der Waals surface area contributed by atoms with Crippen molar-refractivity contribution >= 4 is 28.6 Å². The lowest BCUT2D eigenvalue weighted by molar-refractivity contribution is -0.0814. The zero-order valence-corrected chi connectivity index (χ0v) is 7.13. The van der Waals surface area contributed by atoms with E-state index in [1.165, 1.54) is 0 Å². The van der Waals surface area contributed by atoms with Crippen molar-refractivity contribution in [2.24, 2.45) is 5.11 Å². The topological polar surface area (TPSA) is 26.5 Å². The minimum absolute atomic E-state index is 0.333. The third kappa shape index (κ3) is 1.75. The van der Waals surface area contributed by atoms with Gasteiger partial charge in [-0.25, -0.2) is 0 Å². The molecule has 1 aliphatic heterocycles. The highest BCUT2D eigenvalue weighted by Gasteiger charge is 2.25. The van der Waals surface area contributed by atoms with Gasteiger partial charge in [-0.1, -0.05) is 6.92 Å². The maximum atomic E-state index is 4.02. The van der Waals surface area contributed by atoms with Gasteiger partial charge in [-0.05, 0) is 6.26 Å². The quantitative estimate of drug-likeness (QED) is 0.578. The molecular weight excluding hydrogens is 152 g/mol. The molecule has 0 saturated carbocycles. The van der Waals surface area contributed by atoms with Crippen molar-refractivity contribution < 1.29 is 4.79 Å². The van der Waals surface area contributed by atoms with Crippen molar-refractivity contribution in [2.75, 3.05) is 6.26 Å². The van der Waals surface area contributed by atoms with E-state index in [4.69, 9.17) is 0 Å². The number of hydrogen-bond donors (Lipinski definition) is 0. The molecule has 1 heterocycles. The first kappa shape index (κ1) is 7.19. The minimum atomic E-state index is 0.333. The molecule has 0 N–H and O–H groups in total. The SMILES string of the molecule is CCC1=[N+]=NC(SC)S1. The fraction of sp³-hybridized carbons (Fsp3) is 0.800. The van der Waals surface area contributed by atoms with Crippen molar-refractivity contribution in [3.05, 3.63) is 0 Å². The number of thioether (sulfide) groups is 2. The zero-order valence-electron chi connectivity index (χ0n) is 5.50. The number of hydrogen-bond acceptors (Lipinski definition) is 3. The van der Waals surface area contributed by atoms with Gasteiger partial charge in [0.1, 0.15) is 5.11 Å². The van der Waals surface area contributed by atoms with E-state index in [1.807, 2.05) is 0 Å². The first-order valence-electron chi connectivity index (χ1n) is 2.83. The van der Waals surface area contributed by atoms with Crippen molar-refractivity contribution in [2.45, 2.75) is 18.1 Å². The Morgan fingerprint density at radius 1 is 1.89 bits per heavy atom. The highest BCUT2D eigenvalue weighted by atomic mass is 32.2. The van der Waals surface area contributed by atoms with E-state index in [-0.39, 0.29) is 0 Å². The minimum Gasteiger partial charge on any atom is -0.120 e. The lowest BCUT2D eigenvalue weighted by atomic mass is 10.5. The molecule has 0 radical (unpaired) electrons. The average molecular weight is 161 g/mol. The lowest BCUT2D eigenvalue weighted by Crippen LogP contribution is -1.90. The second kappa shape index (κ2) is 3.30. The highest BCUT2D eigenvalue weighted by molar-refractivity contribution is 8.24. The molecule has 0 spiro atoms. The van der Waals surface area contributed by atoms with E-state index in [1.54, 1.807) is 23.5 Å². The second-order valence-electron chi connectivity index (χ2n) is 1.62. The van der Waals surface area contributed by atoms with E-state index < -0.39 is 0 Å². The van der Waals surface area contributed by atoms with Gasteiger partial charge in [0, 0.05) is 11.8 Å². The predicted octanol–water partition coefficient (Wildman–Crippen LogP) is 1.85. The third-order valence-electron chi connectivity index (χ3n) is 1.00. The number of rotatable bonds is 2. The first-order chi connectivity index (χ1) is 4.36. The summed E-state index contributed by atoms with van der Waals surface area (Å²) in [6, 6.07) is 0. The van der Waals surface area contributed by atoms with Crippen LogP contribution in [0.25, 0.3) is 0 Å². The standard InChI is InChI=1S/C5H9N2S2/c1-3-4-6-7-5(8-2)9-4/h5H,3H2,1-2H3/q+1. The van der Waals surface area contributed by atoms with Crippen LogP contribution in [0.5, 0.6) is 0 Å². The van der Waals surface area contributed by atoms with E-state index in [2.05, 4.69) is 23.1 Å². The highest BCUT2D eigenvalue weighted by Crippen LogP contribution is 2.26. The van der Waals surface area contributed by atoms with Crippen LogP contribution in [0.1, 0.15) is 13.3 Å². The maximum Gasteiger partial charge on any atom is 0.378 e. The Morgan fingerprint density at radius 3 is 3.00 bits per heavy atom. The molecule has 1 unspecified atom stereocenters. The van der Waals surface area contributed by atoms with Crippen LogP contribution < -0.4 is 0 Å². The smallest absolute Gasteiger partial charge is 0.120 e. The molecule has 0 aromatic rings. The van der Waals surface area contributed by atoms with E-state index >= 15 is 0 Å². The van der Waals surface area contributed by atoms with E-state index in [0.29, 0.717) is 4.71 Å². The summed E-state index contributed by atoms with van der Waals surface area (Å²) < 4.78 is 0.333. The molecule has 9 heavy (non-hydrogen) atoms. The summed E-state index contributed by atoms with van der Waals surface area (Å²) in [6.45, 7) is 2.10. The monoisotopic (exact) mass is 161 g/mol. The van der Waals surface area contributed by atoms with Crippen LogP contribution in [0.2, 0.25) is 0 Å². The van der Waals surface area contributed by atoms with Gasteiger partial charge >= 0.3 is 5.04 Å². The molecule has 0 fully saturated rings. The molecule has 2 nitrogen and oxygen atoms in total. The molecule has 0 bridgehead atoms. The van der Waals surface area contributed by atoms with Crippen LogP contribution in [0.3, 0.4) is 0 Å². The fourth-order valence-corrected chi connectivity index (χ4v) is 1.97. The third-order valence-corrected chi connectivity index (χ3v) is 3.31. The molecule has 0 saturated heterocycles. The molecule has 1 atom stereocenters. The van der Waals surface area contributed by atoms with Crippen LogP contribution in [0.4, 0.5) is 0 Å². The Kier molecular flexibility index (Phi) is 2.64. The van der Waals surface area contributed by atoms with Crippen molar-refractivity contribution in [3.63, 3.8) is 0 Å². The Hall–Kier alpha value is 0.0800. The van der Waals surface area contributed by atoms with Crippen LogP contribution in [-0.4, -0.2) is 20.8 Å². The lowest BCUT2D eigenvalue weighted by Gasteiger charge is -1.88. The van der Waals surface area contributed by atoms with Gasteiger partial charge in [-0.15, -0.1) is 11.8 Å². The molecule has 50 valence electrons. The normalized spacial score (nSPS) is 24.7. The molecule has 1 aliphatic rings.